The Morgan fingerprint density at radius 3 is 2.65 bits per heavy atom. The molecule has 0 unspecified atom stereocenters. The Kier molecular flexibility index (Phi) is 10.3. The van der Waals surface area contributed by atoms with Crippen molar-refractivity contribution in [1.29, 1.82) is 5.26 Å². The predicted molar refractivity (Wildman–Crippen MR) is 134 cm³/mol. The summed E-state index contributed by atoms with van der Waals surface area (Å²) in [5.74, 6) is -0.758. The molecular weight excluding hydrogens is 456 g/mol. The van der Waals surface area contributed by atoms with Crippen LogP contribution in [0.5, 0.6) is 0 Å². The van der Waals surface area contributed by atoms with Crippen LogP contribution >= 0.6 is 11.3 Å². The number of nitriles is 1. The molecule has 10 nitrogen and oxygen atoms in total. The molecule has 11 heteroatoms. The molecule has 0 radical (unpaired) electrons. The highest BCUT2D eigenvalue weighted by molar-refractivity contribution is 7.07. The number of hydrogen-bond donors (Lipinski definition) is 3. The molecule has 2 rings (SSSR count). The van der Waals surface area contributed by atoms with E-state index in [9.17, 15) is 19.6 Å². The summed E-state index contributed by atoms with van der Waals surface area (Å²) in [6, 6.07) is 8.59. The van der Waals surface area contributed by atoms with Gasteiger partial charge in [-0.3, -0.25) is 9.36 Å². The van der Waals surface area contributed by atoms with Gasteiger partial charge in [-0.1, -0.05) is 6.07 Å². The van der Waals surface area contributed by atoms with E-state index in [0.717, 1.165) is 24.3 Å². The molecule has 0 atom stereocenters. The summed E-state index contributed by atoms with van der Waals surface area (Å²) < 4.78 is 6.88. The molecule has 2 amide bonds. The highest BCUT2D eigenvalue weighted by Gasteiger charge is 2.16. The first-order valence-corrected chi connectivity index (χ1v) is 11.7. The van der Waals surface area contributed by atoms with E-state index in [2.05, 4.69) is 16.0 Å². The Morgan fingerprint density at radius 1 is 1.26 bits per heavy atom. The van der Waals surface area contributed by atoms with Crippen LogP contribution in [0.15, 0.2) is 29.1 Å². The normalized spacial score (nSPS) is 12.2. The number of thiazole rings is 1. The highest BCUT2D eigenvalue weighted by Crippen LogP contribution is 2.15. The van der Waals surface area contributed by atoms with Gasteiger partial charge in [0.25, 0.3) is 5.56 Å². The number of aromatic nitrogens is 1. The number of urea groups is 1. The van der Waals surface area contributed by atoms with E-state index >= 15 is 0 Å². The number of benzene rings is 1. The monoisotopic (exact) mass is 486 g/mol. The number of carbonyl (C=O) groups is 2. The van der Waals surface area contributed by atoms with Crippen LogP contribution < -0.4 is 30.7 Å². The van der Waals surface area contributed by atoms with Gasteiger partial charge in [0.1, 0.15) is 15.3 Å². The van der Waals surface area contributed by atoms with Crippen LogP contribution in [0, 0.1) is 11.3 Å². The number of hydrogen-bond acceptors (Lipinski definition) is 8. The Balaban J connectivity index is 2.21. The van der Waals surface area contributed by atoms with Crippen LogP contribution in [0.1, 0.15) is 20.3 Å². The molecule has 1 heterocycles. The van der Waals surface area contributed by atoms with E-state index in [4.69, 9.17) is 4.74 Å². The van der Waals surface area contributed by atoms with Gasteiger partial charge in [-0.2, -0.15) is 5.26 Å². The Labute approximate surface area is 202 Å². The third-order valence-electron chi connectivity index (χ3n) is 4.59. The van der Waals surface area contributed by atoms with Crippen molar-refractivity contribution in [3.8, 4) is 6.07 Å². The average molecular weight is 487 g/mol. The molecule has 1 aromatic carbocycles. The molecule has 3 N–H and O–H groups in total. The van der Waals surface area contributed by atoms with Gasteiger partial charge in [-0.15, -0.1) is 11.3 Å². The predicted octanol–water partition coefficient (Wildman–Crippen LogP) is 1.09. The zero-order chi connectivity index (χ0) is 25.1. The van der Waals surface area contributed by atoms with Gasteiger partial charge in [0, 0.05) is 30.7 Å². The molecule has 0 spiro atoms. The zero-order valence-electron chi connectivity index (χ0n) is 19.8. The fourth-order valence-corrected chi connectivity index (χ4v) is 4.06. The largest absolute Gasteiger partial charge is 0.462 e. The number of esters is 1. The molecule has 0 bridgehead atoms. The van der Waals surface area contributed by atoms with Crippen molar-refractivity contribution in [2.45, 2.75) is 26.8 Å². The maximum absolute atomic E-state index is 12.8. The lowest BCUT2D eigenvalue weighted by Crippen LogP contribution is -2.32. The molecule has 1 aromatic heterocycles. The lowest BCUT2D eigenvalue weighted by molar-refractivity contribution is -0.136. The van der Waals surface area contributed by atoms with Gasteiger partial charge in [0.2, 0.25) is 0 Å². The summed E-state index contributed by atoms with van der Waals surface area (Å²) in [6.07, 6.45) is 2.36. The van der Waals surface area contributed by atoms with Crippen LogP contribution in [0.3, 0.4) is 0 Å². The molecule has 0 fully saturated rings. The summed E-state index contributed by atoms with van der Waals surface area (Å²) in [5, 5.41) is 18.1. The van der Waals surface area contributed by atoms with Crippen LogP contribution in [0.2, 0.25) is 0 Å². The van der Waals surface area contributed by atoms with Crippen molar-refractivity contribution in [2.75, 3.05) is 44.4 Å². The number of nitrogens with one attached hydrogen (secondary N) is 3. The maximum atomic E-state index is 12.8. The zero-order valence-corrected chi connectivity index (χ0v) is 20.6. The number of nitrogens with zero attached hydrogens (tertiary/aromatic N) is 3. The molecular formula is C23H30N6O4S. The van der Waals surface area contributed by atoms with E-state index in [1.54, 1.807) is 38.1 Å². The first kappa shape index (κ1) is 26.6. The second kappa shape index (κ2) is 13.2. The van der Waals surface area contributed by atoms with E-state index in [-0.39, 0.29) is 28.4 Å². The number of amides is 2. The van der Waals surface area contributed by atoms with Crippen LogP contribution in [0.4, 0.5) is 16.2 Å². The van der Waals surface area contributed by atoms with Crippen molar-refractivity contribution in [1.82, 2.24) is 14.8 Å². The van der Waals surface area contributed by atoms with Crippen LogP contribution in [-0.4, -0.2) is 55.3 Å². The van der Waals surface area contributed by atoms with Gasteiger partial charge < -0.3 is 25.6 Å². The van der Waals surface area contributed by atoms with Crippen molar-refractivity contribution in [2.24, 2.45) is 0 Å². The summed E-state index contributed by atoms with van der Waals surface area (Å²) in [6.45, 7) is 5.28. The molecule has 0 aliphatic heterocycles. The molecule has 2 aromatic rings. The molecule has 0 saturated heterocycles. The second-order valence-corrected chi connectivity index (χ2v) is 8.47. The molecule has 0 saturated carbocycles. The summed E-state index contributed by atoms with van der Waals surface area (Å²) >= 11 is 1.03. The quantitative estimate of drug-likeness (QED) is 0.339. The Morgan fingerprint density at radius 2 is 2.00 bits per heavy atom. The smallest absolute Gasteiger partial charge is 0.351 e. The number of carbonyl (C=O) groups excluding carboxylic acids is 2. The standard InChI is InChI=1S/C23H30N6O4S/c1-5-29-20(30)19(34-21(29)18(14-24)22(31)33-6-2)15-26-16-9-7-10-17(13-16)27-23(32)25-11-8-12-28(3)4/h7,9-10,13,15,26H,5-6,8,11-12H2,1-4H3,(H2,25,27,32)/b19-15+,21-18+. The third-order valence-corrected chi connectivity index (χ3v) is 5.72. The van der Waals surface area contributed by atoms with Crippen LogP contribution in [-0.2, 0) is 16.1 Å². The van der Waals surface area contributed by atoms with E-state index < -0.39 is 5.97 Å². The van der Waals surface area contributed by atoms with Crippen molar-refractivity contribution in [3.63, 3.8) is 0 Å². The van der Waals surface area contributed by atoms with Crippen molar-refractivity contribution < 1.29 is 14.3 Å². The SMILES string of the molecule is CCOC(=O)/C(C#N)=c1/s/c(=C/Nc2cccc(NC(=O)NCCCN(C)C)c2)c(=O)n1CC. The number of rotatable bonds is 10. The van der Waals surface area contributed by atoms with Gasteiger partial charge >= 0.3 is 12.0 Å². The molecule has 0 aliphatic carbocycles. The molecule has 0 aliphatic rings. The highest BCUT2D eigenvalue weighted by atomic mass is 32.1. The lowest BCUT2D eigenvalue weighted by atomic mass is 10.3. The van der Waals surface area contributed by atoms with Gasteiger partial charge in [0.05, 0.1) is 6.61 Å². The fourth-order valence-electron chi connectivity index (χ4n) is 2.98. The van der Waals surface area contributed by atoms with E-state index in [0.29, 0.717) is 29.0 Å². The Hall–Kier alpha value is -3.62. The van der Waals surface area contributed by atoms with E-state index in [1.165, 1.54) is 10.8 Å². The fraction of sp³-hybridized carbons (Fsp3) is 0.391. The average Bonchev–Trinajstić information content (AvgIpc) is 3.11. The maximum Gasteiger partial charge on any atom is 0.351 e. The summed E-state index contributed by atoms with van der Waals surface area (Å²) in [7, 11) is 3.95. The van der Waals surface area contributed by atoms with Crippen molar-refractivity contribution >= 4 is 46.5 Å². The lowest BCUT2D eigenvalue weighted by Gasteiger charge is -2.11. The first-order chi connectivity index (χ1) is 16.3. The summed E-state index contributed by atoms with van der Waals surface area (Å²) in [5.41, 5.74) is 0.716. The minimum Gasteiger partial charge on any atom is -0.462 e. The third kappa shape index (κ3) is 7.47. The first-order valence-electron chi connectivity index (χ1n) is 10.9. The van der Waals surface area contributed by atoms with Crippen LogP contribution in [0.25, 0.3) is 11.8 Å². The minimum absolute atomic E-state index is 0.130. The topological polar surface area (TPSA) is 128 Å². The number of ether oxygens (including phenoxy) is 1. The second-order valence-electron chi connectivity index (χ2n) is 7.44. The molecule has 182 valence electrons. The van der Waals surface area contributed by atoms with E-state index in [1.807, 2.05) is 25.1 Å². The number of anilines is 2. The van der Waals surface area contributed by atoms with Crippen molar-refractivity contribution in [3.05, 3.63) is 43.8 Å². The minimum atomic E-state index is -0.758. The Bertz CT molecular complexity index is 1230. The summed E-state index contributed by atoms with van der Waals surface area (Å²) in [4.78, 5) is 39.0. The van der Waals surface area contributed by atoms with Gasteiger partial charge in [-0.25, -0.2) is 9.59 Å². The molecule has 34 heavy (non-hydrogen) atoms. The van der Waals surface area contributed by atoms with Gasteiger partial charge in [0.15, 0.2) is 5.57 Å². The van der Waals surface area contributed by atoms with Gasteiger partial charge in [-0.05, 0) is 59.1 Å².